The van der Waals surface area contributed by atoms with Crippen LogP contribution in [0.3, 0.4) is 0 Å². The zero-order valence-corrected chi connectivity index (χ0v) is 15.2. The van der Waals surface area contributed by atoms with Crippen LogP contribution in [0.4, 0.5) is 10.5 Å². The Hall–Kier alpha value is -2.41. The van der Waals surface area contributed by atoms with Crippen molar-refractivity contribution < 1.29 is 14.3 Å². The second-order valence-corrected chi connectivity index (χ2v) is 7.54. The Bertz CT molecular complexity index is 850. The number of hydrogen-bond acceptors (Lipinski definition) is 5. The van der Waals surface area contributed by atoms with E-state index in [0.29, 0.717) is 17.5 Å². The number of nitrogens with two attached hydrogens (primary N) is 1. The minimum atomic E-state index is -0.598. The summed E-state index contributed by atoms with van der Waals surface area (Å²) in [4.78, 5) is 30.6. The lowest BCUT2D eigenvalue weighted by molar-refractivity contribution is -0.117. The second kappa shape index (κ2) is 5.84. The van der Waals surface area contributed by atoms with Crippen LogP contribution in [-0.4, -0.2) is 33.2 Å². The summed E-state index contributed by atoms with van der Waals surface area (Å²) in [5.74, 6) is -0.0356. The molecule has 1 aliphatic heterocycles. The summed E-state index contributed by atoms with van der Waals surface area (Å²) in [6, 6.07) is 3.39. The van der Waals surface area contributed by atoms with Crippen molar-refractivity contribution in [1.82, 2.24) is 9.55 Å². The number of benzene rings is 1. The van der Waals surface area contributed by atoms with Gasteiger partial charge in [0.25, 0.3) is 0 Å². The maximum atomic E-state index is 12.4. The summed E-state index contributed by atoms with van der Waals surface area (Å²) in [5.41, 5.74) is 8.57. The molecule has 2 heterocycles. The normalized spacial score (nSPS) is 20.5. The molecule has 0 spiro atoms. The molecule has 25 heavy (non-hydrogen) atoms. The van der Waals surface area contributed by atoms with Crippen molar-refractivity contribution in [1.29, 1.82) is 0 Å². The van der Waals surface area contributed by atoms with Gasteiger partial charge in [-0.05, 0) is 46.2 Å². The first-order valence-electron chi connectivity index (χ1n) is 8.39. The van der Waals surface area contributed by atoms with Gasteiger partial charge in [-0.1, -0.05) is 0 Å². The number of nitrogens with zero attached hydrogens (tertiary/aromatic N) is 3. The standard InChI is InChI=1S/C18H24N4O3/c1-10-8-12(19)15-13(22(10)11(2)23)6-7-14-16(15)20-9-21(14)17(24)25-18(3,4)5/h6-7,9-10,12H,8,19H2,1-5H3/t10-,12+/m0/s1. The fraction of sp³-hybridized carbons (Fsp3) is 0.500. The molecule has 0 saturated heterocycles. The Morgan fingerprint density at radius 2 is 2.00 bits per heavy atom. The average molecular weight is 344 g/mol. The Labute approximate surface area is 146 Å². The molecule has 1 aliphatic rings. The third-order valence-corrected chi connectivity index (χ3v) is 4.33. The molecule has 0 radical (unpaired) electrons. The van der Waals surface area contributed by atoms with Crippen LogP contribution in [0, 0.1) is 0 Å². The average Bonchev–Trinajstić information content (AvgIpc) is 2.88. The molecule has 0 saturated carbocycles. The molecular formula is C18H24N4O3. The van der Waals surface area contributed by atoms with Crippen LogP contribution in [-0.2, 0) is 9.53 Å². The minimum absolute atomic E-state index is 0.0189. The number of ether oxygens (including phenoxy) is 1. The Balaban J connectivity index is 2.14. The van der Waals surface area contributed by atoms with Crippen LogP contribution >= 0.6 is 0 Å². The molecule has 2 N–H and O–H groups in total. The number of rotatable bonds is 0. The monoisotopic (exact) mass is 344 g/mol. The fourth-order valence-electron chi connectivity index (χ4n) is 3.43. The van der Waals surface area contributed by atoms with E-state index in [4.69, 9.17) is 10.5 Å². The van der Waals surface area contributed by atoms with E-state index < -0.39 is 11.7 Å². The largest absolute Gasteiger partial charge is 0.443 e. The number of hydrogen-bond donors (Lipinski definition) is 1. The first kappa shape index (κ1) is 17.4. The quantitative estimate of drug-likeness (QED) is 0.793. The molecule has 0 bridgehead atoms. The lowest BCUT2D eigenvalue weighted by Gasteiger charge is -2.37. The lowest BCUT2D eigenvalue weighted by Crippen LogP contribution is -2.43. The number of carbonyl (C=O) groups is 2. The van der Waals surface area contributed by atoms with Crippen molar-refractivity contribution in [3.8, 4) is 0 Å². The van der Waals surface area contributed by atoms with Gasteiger partial charge in [-0.3, -0.25) is 4.79 Å². The second-order valence-electron chi connectivity index (χ2n) is 7.54. The van der Waals surface area contributed by atoms with E-state index in [0.717, 1.165) is 11.3 Å². The van der Waals surface area contributed by atoms with Crippen LogP contribution in [0.25, 0.3) is 11.0 Å². The van der Waals surface area contributed by atoms with Crippen LogP contribution in [0.5, 0.6) is 0 Å². The molecule has 1 aromatic heterocycles. The van der Waals surface area contributed by atoms with E-state index in [9.17, 15) is 9.59 Å². The van der Waals surface area contributed by atoms with Crippen LogP contribution in [0.1, 0.15) is 52.6 Å². The van der Waals surface area contributed by atoms with Gasteiger partial charge in [-0.15, -0.1) is 0 Å². The predicted octanol–water partition coefficient (Wildman–Crippen LogP) is 2.96. The fourth-order valence-corrected chi connectivity index (χ4v) is 3.43. The number of anilines is 1. The minimum Gasteiger partial charge on any atom is -0.443 e. The molecule has 134 valence electrons. The summed E-state index contributed by atoms with van der Waals surface area (Å²) >= 11 is 0. The highest BCUT2D eigenvalue weighted by Crippen LogP contribution is 2.40. The van der Waals surface area contributed by atoms with Gasteiger partial charge in [0.05, 0.1) is 16.7 Å². The highest BCUT2D eigenvalue weighted by molar-refractivity contribution is 5.99. The van der Waals surface area contributed by atoms with E-state index in [1.165, 1.54) is 10.9 Å². The molecular weight excluding hydrogens is 320 g/mol. The van der Waals surface area contributed by atoms with Crippen LogP contribution < -0.4 is 10.6 Å². The SMILES string of the molecule is CC(=O)N1c2ccc3c(ncn3C(=O)OC(C)(C)C)c2[C@H](N)C[C@@H]1C. The van der Waals surface area contributed by atoms with E-state index in [-0.39, 0.29) is 18.0 Å². The highest BCUT2D eigenvalue weighted by atomic mass is 16.6. The summed E-state index contributed by atoms with van der Waals surface area (Å²) in [6.07, 6.45) is 1.60. The van der Waals surface area contributed by atoms with Crippen molar-refractivity contribution in [3.05, 3.63) is 24.0 Å². The smallest absolute Gasteiger partial charge is 0.420 e. The molecule has 2 atom stereocenters. The van der Waals surface area contributed by atoms with Gasteiger partial charge < -0.3 is 15.4 Å². The van der Waals surface area contributed by atoms with Gasteiger partial charge >= 0.3 is 6.09 Å². The summed E-state index contributed by atoms with van der Waals surface area (Å²) in [7, 11) is 0. The number of aromatic nitrogens is 2. The van der Waals surface area contributed by atoms with Gasteiger partial charge in [0, 0.05) is 24.6 Å². The number of carbonyl (C=O) groups excluding carboxylic acids is 2. The summed E-state index contributed by atoms with van der Waals surface area (Å²) in [6.45, 7) is 8.96. The van der Waals surface area contributed by atoms with Crippen molar-refractivity contribution in [2.24, 2.45) is 5.73 Å². The van der Waals surface area contributed by atoms with Gasteiger partial charge in [0.15, 0.2) is 0 Å². The van der Waals surface area contributed by atoms with E-state index in [2.05, 4.69) is 4.98 Å². The number of fused-ring (bicyclic) bond motifs is 3. The predicted molar refractivity (Wildman–Crippen MR) is 95.5 cm³/mol. The van der Waals surface area contributed by atoms with Gasteiger partial charge in [0.2, 0.25) is 5.91 Å². The first-order chi connectivity index (χ1) is 11.6. The molecule has 2 aromatic rings. The van der Waals surface area contributed by atoms with Crippen LogP contribution in [0.2, 0.25) is 0 Å². The lowest BCUT2D eigenvalue weighted by atomic mass is 9.91. The van der Waals surface area contributed by atoms with E-state index in [1.54, 1.807) is 17.9 Å². The van der Waals surface area contributed by atoms with E-state index >= 15 is 0 Å². The first-order valence-corrected chi connectivity index (χ1v) is 8.39. The third-order valence-electron chi connectivity index (χ3n) is 4.33. The van der Waals surface area contributed by atoms with Crippen molar-refractivity contribution in [2.45, 2.75) is 58.7 Å². The van der Waals surface area contributed by atoms with Crippen molar-refractivity contribution in [2.75, 3.05) is 4.90 Å². The zero-order valence-electron chi connectivity index (χ0n) is 15.2. The third kappa shape index (κ3) is 3.00. The molecule has 0 unspecified atom stereocenters. The Morgan fingerprint density at radius 1 is 1.32 bits per heavy atom. The van der Waals surface area contributed by atoms with E-state index in [1.807, 2.05) is 33.8 Å². The molecule has 0 aliphatic carbocycles. The van der Waals surface area contributed by atoms with Gasteiger partial charge in [-0.25, -0.2) is 14.3 Å². The molecule has 7 heteroatoms. The molecule has 1 amide bonds. The van der Waals surface area contributed by atoms with Gasteiger partial charge in [-0.2, -0.15) is 0 Å². The Morgan fingerprint density at radius 3 is 2.60 bits per heavy atom. The van der Waals surface area contributed by atoms with Crippen molar-refractivity contribution in [3.63, 3.8) is 0 Å². The molecule has 3 rings (SSSR count). The van der Waals surface area contributed by atoms with Crippen LogP contribution in [0.15, 0.2) is 18.5 Å². The number of amides is 1. The maximum Gasteiger partial charge on any atom is 0.420 e. The Kier molecular flexibility index (Phi) is 4.07. The molecule has 0 fully saturated rings. The molecule has 1 aromatic carbocycles. The number of imidazole rings is 1. The topological polar surface area (TPSA) is 90.5 Å². The zero-order chi connectivity index (χ0) is 18.5. The maximum absolute atomic E-state index is 12.4. The summed E-state index contributed by atoms with van der Waals surface area (Å²) < 4.78 is 6.80. The highest BCUT2D eigenvalue weighted by Gasteiger charge is 2.33. The summed E-state index contributed by atoms with van der Waals surface area (Å²) in [5, 5.41) is 0. The van der Waals surface area contributed by atoms with Gasteiger partial charge in [0.1, 0.15) is 11.9 Å². The van der Waals surface area contributed by atoms with Crippen molar-refractivity contribution >= 4 is 28.7 Å². The molecule has 7 nitrogen and oxygen atoms in total.